The van der Waals surface area contributed by atoms with Crippen LogP contribution < -0.4 is 0 Å². The molecule has 0 aliphatic carbocycles. The second kappa shape index (κ2) is 5.46. The first kappa shape index (κ1) is 13.9. The second-order valence-electron chi connectivity index (χ2n) is 5.54. The Kier molecular flexibility index (Phi) is 4.47. The predicted molar refractivity (Wildman–Crippen MR) is 70.3 cm³/mol. The molecule has 2 nitrogen and oxygen atoms in total. The van der Waals surface area contributed by atoms with Gasteiger partial charge in [-0.25, -0.2) is 0 Å². The number of hydrogen-bond donors (Lipinski definition) is 0. The van der Waals surface area contributed by atoms with Crippen molar-refractivity contribution >= 4 is 5.78 Å². The number of ether oxygens (including phenoxy) is 1. The molecule has 94 valence electrons. The third-order valence-corrected chi connectivity index (χ3v) is 2.64. The number of aryl methyl sites for hydroxylation is 2. The van der Waals surface area contributed by atoms with Gasteiger partial charge in [-0.15, -0.1) is 0 Å². The van der Waals surface area contributed by atoms with Gasteiger partial charge in [0.05, 0.1) is 5.60 Å². The van der Waals surface area contributed by atoms with Crippen molar-refractivity contribution in [3.63, 3.8) is 0 Å². The Bertz CT molecular complexity index is 400. The van der Waals surface area contributed by atoms with E-state index in [0.29, 0.717) is 6.42 Å². The van der Waals surface area contributed by atoms with Gasteiger partial charge in [0.1, 0.15) is 6.61 Å². The van der Waals surface area contributed by atoms with E-state index in [1.807, 2.05) is 26.8 Å². The fourth-order valence-electron chi connectivity index (χ4n) is 1.49. The van der Waals surface area contributed by atoms with Crippen LogP contribution in [0, 0.1) is 13.8 Å². The minimum absolute atomic E-state index is 0.128. The van der Waals surface area contributed by atoms with E-state index in [1.165, 1.54) is 11.1 Å². The van der Waals surface area contributed by atoms with E-state index < -0.39 is 0 Å². The molecule has 1 rings (SSSR count). The van der Waals surface area contributed by atoms with Gasteiger partial charge >= 0.3 is 0 Å². The second-order valence-corrected chi connectivity index (χ2v) is 5.54. The van der Waals surface area contributed by atoms with E-state index >= 15 is 0 Å². The number of ketones is 1. The Morgan fingerprint density at radius 2 is 1.82 bits per heavy atom. The Morgan fingerprint density at radius 3 is 2.35 bits per heavy atom. The summed E-state index contributed by atoms with van der Waals surface area (Å²) in [5.41, 5.74) is 3.30. The smallest absolute Gasteiger partial charge is 0.162 e. The van der Waals surface area contributed by atoms with Crippen molar-refractivity contribution in [2.24, 2.45) is 0 Å². The molecule has 0 saturated heterocycles. The van der Waals surface area contributed by atoms with Crippen LogP contribution in [0.25, 0.3) is 0 Å². The number of Topliss-reactive ketones (excluding diaryl/α,β-unsaturated/α-hetero) is 1. The van der Waals surface area contributed by atoms with E-state index in [1.54, 1.807) is 0 Å². The summed E-state index contributed by atoms with van der Waals surface area (Å²) in [6.45, 7) is 10.2. The van der Waals surface area contributed by atoms with Crippen LogP contribution >= 0.6 is 0 Å². The highest BCUT2D eigenvalue weighted by molar-refractivity contribution is 5.82. The van der Waals surface area contributed by atoms with E-state index in [-0.39, 0.29) is 18.0 Å². The number of carbonyl (C=O) groups excluding carboxylic acids is 1. The zero-order valence-corrected chi connectivity index (χ0v) is 11.5. The highest BCUT2D eigenvalue weighted by atomic mass is 16.5. The monoisotopic (exact) mass is 234 g/mol. The highest BCUT2D eigenvalue weighted by Gasteiger charge is 2.13. The van der Waals surface area contributed by atoms with Crippen LogP contribution in [0.3, 0.4) is 0 Å². The van der Waals surface area contributed by atoms with Crippen LogP contribution in [0.2, 0.25) is 0 Å². The summed E-state index contributed by atoms with van der Waals surface area (Å²) < 4.78 is 5.47. The van der Waals surface area contributed by atoms with Crippen molar-refractivity contribution in [3.05, 3.63) is 34.9 Å². The molecule has 2 heteroatoms. The normalized spacial score (nSPS) is 11.6. The number of hydrogen-bond acceptors (Lipinski definition) is 2. The molecule has 0 aromatic heterocycles. The van der Waals surface area contributed by atoms with E-state index in [0.717, 1.165) is 5.56 Å². The quantitative estimate of drug-likeness (QED) is 0.799. The highest BCUT2D eigenvalue weighted by Crippen LogP contribution is 2.11. The van der Waals surface area contributed by atoms with Gasteiger partial charge < -0.3 is 4.74 Å². The van der Waals surface area contributed by atoms with Crippen LogP contribution in [0.15, 0.2) is 18.2 Å². The molecule has 0 aliphatic rings. The summed E-state index contributed by atoms with van der Waals surface area (Å²) in [6.07, 6.45) is 0.456. The first-order valence-electron chi connectivity index (χ1n) is 6.00. The van der Waals surface area contributed by atoms with Crippen LogP contribution in [0.4, 0.5) is 0 Å². The molecule has 0 heterocycles. The standard InChI is InChI=1S/C15H22O2/c1-11-6-7-13(8-12(11)2)9-14(16)10-17-15(3,4)5/h6-8H,9-10H2,1-5H3. The minimum atomic E-state index is -0.251. The van der Waals surface area contributed by atoms with Gasteiger partial charge in [0.2, 0.25) is 0 Å². The summed E-state index contributed by atoms with van der Waals surface area (Å²) >= 11 is 0. The Balaban J connectivity index is 2.54. The lowest BCUT2D eigenvalue weighted by molar-refractivity contribution is -0.127. The Hall–Kier alpha value is -1.15. The van der Waals surface area contributed by atoms with Crippen LogP contribution in [0.1, 0.15) is 37.5 Å². The van der Waals surface area contributed by atoms with Crippen molar-refractivity contribution in [2.75, 3.05) is 6.61 Å². The Labute approximate surface area is 104 Å². The predicted octanol–water partition coefficient (Wildman–Crippen LogP) is 3.23. The van der Waals surface area contributed by atoms with Crippen molar-refractivity contribution in [3.8, 4) is 0 Å². The first-order valence-corrected chi connectivity index (χ1v) is 6.00. The van der Waals surface area contributed by atoms with Gasteiger partial charge in [-0.2, -0.15) is 0 Å². The molecule has 0 saturated carbocycles. The van der Waals surface area contributed by atoms with Crippen LogP contribution in [0.5, 0.6) is 0 Å². The molecule has 0 radical (unpaired) electrons. The average Bonchev–Trinajstić information content (AvgIpc) is 2.20. The Morgan fingerprint density at radius 1 is 1.18 bits per heavy atom. The van der Waals surface area contributed by atoms with Crippen molar-refractivity contribution in [2.45, 2.75) is 46.6 Å². The summed E-state index contributed by atoms with van der Waals surface area (Å²) in [7, 11) is 0. The average molecular weight is 234 g/mol. The van der Waals surface area contributed by atoms with Gasteiger partial charge in [-0.3, -0.25) is 4.79 Å². The molecule has 17 heavy (non-hydrogen) atoms. The number of carbonyl (C=O) groups is 1. The topological polar surface area (TPSA) is 26.3 Å². The van der Waals surface area contributed by atoms with Crippen LogP contribution in [-0.2, 0) is 16.0 Å². The minimum Gasteiger partial charge on any atom is -0.368 e. The van der Waals surface area contributed by atoms with Gasteiger partial charge in [0.15, 0.2) is 5.78 Å². The van der Waals surface area contributed by atoms with Crippen molar-refractivity contribution in [1.82, 2.24) is 0 Å². The third kappa shape index (κ3) is 5.14. The summed E-state index contributed by atoms with van der Waals surface area (Å²) in [6, 6.07) is 6.14. The number of benzene rings is 1. The molecule has 1 aromatic rings. The lowest BCUT2D eigenvalue weighted by Gasteiger charge is -2.18. The molecular weight excluding hydrogens is 212 g/mol. The van der Waals surface area contributed by atoms with E-state index in [4.69, 9.17) is 4.74 Å². The SMILES string of the molecule is Cc1ccc(CC(=O)COC(C)(C)C)cc1C. The van der Waals surface area contributed by atoms with Gasteiger partial charge in [0, 0.05) is 6.42 Å². The van der Waals surface area contributed by atoms with Crippen LogP contribution in [-0.4, -0.2) is 18.0 Å². The third-order valence-electron chi connectivity index (χ3n) is 2.64. The fourth-order valence-corrected chi connectivity index (χ4v) is 1.49. The number of rotatable bonds is 4. The summed E-state index contributed by atoms with van der Waals surface area (Å²) in [5, 5.41) is 0. The maximum absolute atomic E-state index is 11.7. The zero-order chi connectivity index (χ0) is 13.1. The molecule has 0 amide bonds. The maximum Gasteiger partial charge on any atom is 0.162 e. The maximum atomic E-state index is 11.7. The first-order chi connectivity index (χ1) is 7.78. The van der Waals surface area contributed by atoms with E-state index in [2.05, 4.69) is 26.0 Å². The van der Waals surface area contributed by atoms with Crippen molar-refractivity contribution in [1.29, 1.82) is 0 Å². The van der Waals surface area contributed by atoms with E-state index in [9.17, 15) is 4.79 Å². The fraction of sp³-hybridized carbons (Fsp3) is 0.533. The lowest BCUT2D eigenvalue weighted by atomic mass is 10.0. The molecule has 0 spiro atoms. The lowest BCUT2D eigenvalue weighted by Crippen LogP contribution is -2.24. The molecule has 1 aromatic carbocycles. The largest absolute Gasteiger partial charge is 0.368 e. The van der Waals surface area contributed by atoms with Gasteiger partial charge in [-0.1, -0.05) is 18.2 Å². The summed E-state index contributed by atoms with van der Waals surface area (Å²) in [5.74, 6) is 0.128. The van der Waals surface area contributed by atoms with Gasteiger partial charge in [-0.05, 0) is 51.3 Å². The van der Waals surface area contributed by atoms with Crippen molar-refractivity contribution < 1.29 is 9.53 Å². The molecule has 0 fully saturated rings. The zero-order valence-electron chi connectivity index (χ0n) is 11.5. The van der Waals surface area contributed by atoms with Gasteiger partial charge in [0.25, 0.3) is 0 Å². The molecule has 0 N–H and O–H groups in total. The summed E-state index contributed by atoms with van der Waals surface area (Å²) in [4.78, 5) is 11.7. The molecular formula is C15H22O2. The molecule has 0 bridgehead atoms. The molecule has 0 atom stereocenters. The molecule has 0 unspecified atom stereocenters. The molecule has 0 aliphatic heterocycles.